The molecule has 1 aromatic carbocycles. The minimum absolute atomic E-state index is 0.207. The van der Waals surface area contributed by atoms with Crippen molar-refractivity contribution in [2.45, 2.75) is 18.7 Å². The summed E-state index contributed by atoms with van der Waals surface area (Å²) in [5.74, 6) is -2.14. The van der Waals surface area contributed by atoms with E-state index in [9.17, 15) is 18.0 Å². The average molecular weight is 328 g/mol. The van der Waals surface area contributed by atoms with E-state index in [1.807, 2.05) is 0 Å². The maximum Gasteiger partial charge on any atom is 0.471 e. The Kier molecular flexibility index (Phi) is 4.03. The third-order valence-corrected chi connectivity index (χ3v) is 3.21. The summed E-state index contributed by atoms with van der Waals surface area (Å²) >= 11 is 0. The largest absolute Gasteiger partial charge is 0.471 e. The van der Waals surface area contributed by atoms with Gasteiger partial charge in [0.1, 0.15) is 6.10 Å². The molecule has 0 amide bonds. The normalized spacial score (nSPS) is 18.1. The van der Waals surface area contributed by atoms with E-state index in [1.54, 1.807) is 0 Å². The number of halogens is 3. The van der Waals surface area contributed by atoms with Crippen molar-refractivity contribution in [3.8, 4) is 11.4 Å². The highest BCUT2D eigenvalue weighted by Crippen LogP contribution is 2.29. The predicted molar refractivity (Wildman–Crippen MR) is 69.4 cm³/mol. The Balaban J connectivity index is 1.71. The molecule has 122 valence electrons. The van der Waals surface area contributed by atoms with E-state index in [4.69, 9.17) is 9.47 Å². The molecule has 1 atom stereocenters. The fraction of sp³-hybridized carbons (Fsp3) is 0.357. The number of hydrogen-bond donors (Lipinski definition) is 0. The van der Waals surface area contributed by atoms with E-state index >= 15 is 0 Å². The second-order valence-corrected chi connectivity index (χ2v) is 4.89. The van der Waals surface area contributed by atoms with Crippen molar-refractivity contribution < 1.29 is 32.0 Å². The van der Waals surface area contributed by atoms with Gasteiger partial charge in [-0.3, -0.25) is 0 Å². The number of hydrogen-bond acceptors (Lipinski definition) is 6. The van der Waals surface area contributed by atoms with Crippen LogP contribution in [0.5, 0.6) is 0 Å². The van der Waals surface area contributed by atoms with Crippen LogP contribution in [0.15, 0.2) is 28.8 Å². The number of esters is 1. The van der Waals surface area contributed by atoms with Crippen LogP contribution >= 0.6 is 0 Å². The molecule has 2 aromatic rings. The van der Waals surface area contributed by atoms with Gasteiger partial charge in [-0.1, -0.05) is 17.3 Å². The fourth-order valence-electron chi connectivity index (χ4n) is 2.04. The van der Waals surface area contributed by atoms with Crippen LogP contribution in [0.1, 0.15) is 22.7 Å². The highest BCUT2D eigenvalue weighted by molar-refractivity contribution is 5.90. The van der Waals surface area contributed by atoms with Crippen molar-refractivity contribution in [3.63, 3.8) is 0 Å². The van der Waals surface area contributed by atoms with E-state index in [2.05, 4.69) is 14.7 Å². The van der Waals surface area contributed by atoms with Crippen molar-refractivity contribution in [1.82, 2.24) is 10.1 Å². The van der Waals surface area contributed by atoms with Crippen LogP contribution < -0.4 is 0 Å². The second kappa shape index (κ2) is 5.99. The first kappa shape index (κ1) is 15.5. The smallest absolute Gasteiger partial charge is 0.456 e. The SMILES string of the molecule is O=C(OC1CCOC1)c1ccc(-c2noc(C(F)(F)F)n2)cc1. The minimum Gasteiger partial charge on any atom is -0.456 e. The molecule has 0 radical (unpaired) electrons. The Hall–Kier alpha value is -2.42. The van der Waals surface area contributed by atoms with Crippen LogP contribution in [-0.2, 0) is 15.7 Å². The first-order chi connectivity index (χ1) is 10.9. The number of aromatic nitrogens is 2. The number of carbonyl (C=O) groups excluding carboxylic acids is 1. The molecule has 6 nitrogen and oxygen atoms in total. The van der Waals surface area contributed by atoms with Crippen LogP contribution in [0.3, 0.4) is 0 Å². The summed E-state index contributed by atoms with van der Waals surface area (Å²) in [7, 11) is 0. The summed E-state index contributed by atoms with van der Waals surface area (Å²) < 4.78 is 51.7. The quantitative estimate of drug-likeness (QED) is 0.807. The number of carbonyl (C=O) groups is 1. The molecule has 2 heterocycles. The molecule has 1 saturated heterocycles. The zero-order chi connectivity index (χ0) is 16.4. The zero-order valence-electron chi connectivity index (χ0n) is 11.7. The third kappa shape index (κ3) is 3.50. The van der Waals surface area contributed by atoms with Gasteiger partial charge in [-0.05, 0) is 12.1 Å². The van der Waals surface area contributed by atoms with E-state index in [1.165, 1.54) is 24.3 Å². The molecule has 1 unspecified atom stereocenters. The first-order valence-corrected chi connectivity index (χ1v) is 6.73. The monoisotopic (exact) mass is 328 g/mol. The molecule has 0 saturated carbocycles. The molecule has 1 aliphatic rings. The predicted octanol–water partition coefficient (Wildman–Crippen LogP) is 2.70. The lowest BCUT2D eigenvalue weighted by molar-refractivity contribution is -0.159. The Morgan fingerprint density at radius 1 is 1.26 bits per heavy atom. The molecular formula is C14H11F3N2O4. The van der Waals surface area contributed by atoms with Crippen LogP contribution in [0.2, 0.25) is 0 Å². The molecule has 3 rings (SSSR count). The van der Waals surface area contributed by atoms with Crippen molar-refractivity contribution in [2.75, 3.05) is 13.2 Å². The number of benzene rings is 1. The van der Waals surface area contributed by atoms with Crippen molar-refractivity contribution in [3.05, 3.63) is 35.7 Å². The fourth-order valence-corrected chi connectivity index (χ4v) is 2.04. The molecule has 0 spiro atoms. The third-order valence-electron chi connectivity index (χ3n) is 3.21. The Morgan fingerprint density at radius 3 is 2.57 bits per heavy atom. The van der Waals surface area contributed by atoms with Gasteiger partial charge in [0.2, 0.25) is 5.82 Å². The van der Waals surface area contributed by atoms with Gasteiger partial charge in [0.15, 0.2) is 0 Å². The van der Waals surface area contributed by atoms with Gasteiger partial charge in [0, 0.05) is 12.0 Å². The average Bonchev–Trinajstić information content (AvgIpc) is 3.18. The van der Waals surface area contributed by atoms with Crippen molar-refractivity contribution >= 4 is 5.97 Å². The number of alkyl halides is 3. The summed E-state index contributed by atoms with van der Waals surface area (Å²) in [5, 5.41) is 3.27. The van der Waals surface area contributed by atoms with Gasteiger partial charge in [-0.15, -0.1) is 0 Å². The van der Waals surface area contributed by atoms with E-state index in [0.717, 1.165) is 0 Å². The van der Waals surface area contributed by atoms with Crippen LogP contribution in [0, 0.1) is 0 Å². The van der Waals surface area contributed by atoms with Crippen LogP contribution in [0.25, 0.3) is 11.4 Å². The van der Waals surface area contributed by atoms with E-state index in [-0.39, 0.29) is 17.5 Å². The summed E-state index contributed by atoms with van der Waals surface area (Å²) in [6.07, 6.45) is -4.32. The minimum atomic E-state index is -4.70. The maximum absolute atomic E-state index is 12.4. The first-order valence-electron chi connectivity index (χ1n) is 6.73. The lowest BCUT2D eigenvalue weighted by Crippen LogP contribution is -2.17. The maximum atomic E-state index is 12.4. The standard InChI is InChI=1S/C14H11F3N2O4/c15-14(16,17)13-18-11(19-23-13)8-1-3-9(4-2-8)12(20)22-10-5-6-21-7-10/h1-4,10H,5-7H2. The number of ether oxygens (including phenoxy) is 2. The second-order valence-electron chi connectivity index (χ2n) is 4.89. The van der Waals surface area contributed by atoms with Gasteiger partial charge in [-0.2, -0.15) is 18.2 Å². The molecule has 1 fully saturated rings. The van der Waals surface area contributed by atoms with E-state index in [0.29, 0.717) is 25.2 Å². The van der Waals surface area contributed by atoms with Gasteiger partial charge in [0.05, 0.1) is 18.8 Å². The lowest BCUT2D eigenvalue weighted by Gasteiger charge is -2.09. The molecular weight excluding hydrogens is 317 g/mol. The van der Waals surface area contributed by atoms with Gasteiger partial charge in [-0.25, -0.2) is 4.79 Å². The van der Waals surface area contributed by atoms with Gasteiger partial charge >= 0.3 is 18.0 Å². The lowest BCUT2D eigenvalue weighted by atomic mass is 10.1. The molecule has 23 heavy (non-hydrogen) atoms. The summed E-state index contributed by atoms with van der Waals surface area (Å²) in [4.78, 5) is 15.2. The highest BCUT2D eigenvalue weighted by atomic mass is 19.4. The van der Waals surface area contributed by atoms with Crippen molar-refractivity contribution in [1.29, 1.82) is 0 Å². The summed E-state index contributed by atoms with van der Waals surface area (Å²) in [6, 6.07) is 5.70. The molecule has 1 aliphatic heterocycles. The van der Waals surface area contributed by atoms with E-state index < -0.39 is 18.0 Å². The number of rotatable bonds is 3. The van der Waals surface area contributed by atoms with Crippen LogP contribution in [0.4, 0.5) is 13.2 Å². The van der Waals surface area contributed by atoms with Crippen LogP contribution in [-0.4, -0.2) is 35.4 Å². The summed E-state index contributed by atoms with van der Waals surface area (Å²) in [5.41, 5.74) is 0.574. The van der Waals surface area contributed by atoms with Gasteiger partial charge < -0.3 is 14.0 Å². The molecule has 9 heteroatoms. The molecule has 1 aromatic heterocycles. The van der Waals surface area contributed by atoms with Crippen molar-refractivity contribution in [2.24, 2.45) is 0 Å². The Bertz CT molecular complexity index is 691. The highest BCUT2D eigenvalue weighted by Gasteiger charge is 2.38. The van der Waals surface area contributed by atoms with Gasteiger partial charge in [0.25, 0.3) is 0 Å². The molecule has 0 N–H and O–H groups in total. The molecule has 0 aliphatic carbocycles. The zero-order valence-corrected chi connectivity index (χ0v) is 11.7. The number of nitrogens with zero attached hydrogens (tertiary/aromatic N) is 2. The molecule has 0 bridgehead atoms. The topological polar surface area (TPSA) is 74.5 Å². The Labute approximate surface area is 128 Å². The summed E-state index contributed by atoms with van der Waals surface area (Å²) in [6.45, 7) is 0.920. The Morgan fingerprint density at radius 2 is 2.00 bits per heavy atom.